The molecule has 1 saturated heterocycles. The molecule has 1 aromatic heterocycles. The van der Waals surface area contributed by atoms with Crippen LogP contribution >= 0.6 is 0 Å². The Hall–Kier alpha value is -2.54. The van der Waals surface area contributed by atoms with Gasteiger partial charge in [0.2, 0.25) is 0 Å². The number of hydrogen-bond acceptors (Lipinski definition) is 3. The van der Waals surface area contributed by atoms with Crippen LogP contribution in [-0.4, -0.2) is 36.3 Å². The first kappa shape index (κ1) is 15.0. The molecule has 4 rings (SSSR count). The van der Waals surface area contributed by atoms with Gasteiger partial charge in [-0.3, -0.25) is 0 Å². The Morgan fingerprint density at radius 3 is 2.58 bits per heavy atom. The monoisotopic (exact) mass is 333 g/mol. The van der Waals surface area contributed by atoms with E-state index in [9.17, 15) is 13.2 Å². The van der Waals surface area contributed by atoms with Crippen molar-refractivity contribution in [2.75, 3.05) is 31.2 Å². The maximum absolute atomic E-state index is 14.4. The minimum atomic E-state index is -0.593. The third kappa shape index (κ3) is 2.60. The Morgan fingerprint density at radius 2 is 1.79 bits per heavy atom. The average molecular weight is 333 g/mol. The van der Waals surface area contributed by atoms with Gasteiger partial charge < -0.3 is 14.6 Å². The number of H-pyrrole nitrogens is 1. The molecule has 0 radical (unpaired) electrons. The highest BCUT2D eigenvalue weighted by Crippen LogP contribution is 2.29. The predicted octanol–water partition coefficient (Wildman–Crippen LogP) is 3.48. The molecule has 0 atom stereocenters. The van der Waals surface area contributed by atoms with E-state index in [0.29, 0.717) is 43.0 Å². The summed E-state index contributed by atoms with van der Waals surface area (Å²) in [6.07, 6.45) is 0. The number of benzene rings is 2. The number of nitrogens with zero attached hydrogens (tertiary/aromatic N) is 2. The van der Waals surface area contributed by atoms with Crippen molar-refractivity contribution in [1.82, 2.24) is 9.97 Å². The van der Waals surface area contributed by atoms with Crippen molar-refractivity contribution < 1.29 is 17.9 Å². The zero-order valence-corrected chi connectivity index (χ0v) is 12.7. The lowest BCUT2D eigenvalue weighted by molar-refractivity contribution is 0.122. The zero-order valence-electron chi connectivity index (χ0n) is 12.7. The number of ether oxygens (including phenoxy) is 1. The smallest absolute Gasteiger partial charge is 0.148 e. The van der Waals surface area contributed by atoms with E-state index in [2.05, 4.69) is 9.97 Å². The van der Waals surface area contributed by atoms with Crippen molar-refractivity contribution in [2.45, 2.75) is 0 Å². The molecule has 4 nitrogen and oxygen atoms in total. The van der Waals surface area contributed by atoms with Gasteiger partial charge in [0.1, 0.15) is 23.3 Å². The van der Waals surface area contributed by atoms with Crippen LogP contribution in [0.5, 0.6) is 0 Å². The summed E-state index contributed by atoms with van der Waals surface area (Å²) in [6.45, 7) is 2.27. The van der Waals surface area contributed by atoms with Crippen LogP contribution in [-0.2, 0) is 4.74 Å². The summed E-state index contributed by atoms with van der Waals surface area (Å²) in [7, 11) is 0. The number of halogens is 3. The highest BCUT2D eigenvalue weighted by atomic mass is 19.1. The molecule has 124 valence electrons. The topological polar surface area (TPSA) is 41.2 Å². The van der Waals surface area contributed by atoms with Crippen molar-refractivity contribution >= 4 is 16.7 Å². The standard InChI is InChI=1S/C17H14F3N3O/c18-10-1-2-12(19)11(7-10)17-21-14-8-13(20)16(9-15(14)22-17)23-3-5-24-6-4-23/h1-2,7-9H,3-6H2,(H,21,22). The molecule has 2 heterocycles. The molecule has 7 heteroatoms. The van der Waals surface area contributed by atoms with E-state index in [4.69, 9.17) is 4.74 Å². The van der Waals surface area contributed by atoms with Crippen LogP contribution in [0.1, 0.15) is 0 Å². The van der Waals surface area contributed by atoms with Gasteiger partial charge in [-0.15, -0.1) is 0 Å². The fourth-order valence-corrected chi connectivity index (χ4v) is 2.87. The molecule has 1 N–H and O–H groups in total. The summed E-state index contributed by atoms with van der Waals surface area (Å²) in [5.41, 5.74) is 1.38. The molecule has 0 aliphatic carbocycles. The molecule has 3 aromatic rings. The van der Waals surface area contributed by atoms with Gasteiger partial charge in [-0.1, -0.05) is 0 Å². The molecule has 2 aromatic carbocycles. The number of rotatable bonds is 2. The number of imidazole rings is 1. The molecule has 0 bridgehead atoms. The first-order valence-corrected chi connectivity index (χ1v) is 7.59. The number of hydrogen-bond donors (Lipinski definition) is 1. The van der Waals surface area contributed by atoms with Crippen LogP contribution in [0.15, 0.2) is 30.3 Å². The summed E-state index contributed by atoms with van der Waals surface area (Å²) in [6, 6.07) is 6.09. The van der Waals surface area contributed by atoms with Crippen molar-refractivity contribution in [2.24, 2.45) is 0 Å². The highest BCUT2D eigenvalue weighted by molar-refractivity contribution is 5.83. The minimum Gasteiger partial charge on any atom is -0.378 e. The van der Waals surface area contributed by atoms with Crippen molar-refractivity contribution in [1.29, 1.82) is 0 Å². The Labute approximate surface area is 135 Å². The SMILES string of the molecule is Fc1ccc(F)c(-c2nc3cc(N4CCOCC4)c(F)cc3[nH]2)c1. The lowest BCUT2D eigenvalue weighted by Crippen LogP contribution is -2.36. The van der Waals surface area contributed by atoms with Crippen LogP contribution in [0.4, 0.5) is 18.9 Å². The third-order valence-corrected chi connectivity index (χ3v) is 4.09. The Morgan fingerprint density at radius 1 is 1.00 bits per heavy atom. The fourth-order valence-electron chi connectivity index (χ4n) is 2.87. The van der Waals surface area contributed by atoms with Gasteiger partial charge in [0.05, 0.1) is 35.5 Å². The molecule has 1 aliphatic rings. The second-order valence-corrected chi connectivity index (χ2v) is 5.63. The largest absolute Gasteiger partial charge is 0.378 e. The highest BCUT2D eigenvalue weighted by Gasteiger charge is 2.18. The number of aromatic nitrogens is 2. The van der Waals surface area contributed by atoms with Crippen LogP contribution in [0, 0.1) is 17.5 Å². The van der Waals surface area contributed by atoms with Crippen molar-refractivity contribution in [3.05, 3.63) is 47.8 Å². The molecular weight excluding hydrogens is 319 g/mol. The van der Waals surface area contributed by atoms with E-state index in [1.54, 1.807) is 6.07 Å². The summed E-state index contributed by atoms with van der Waals surface area (Å²) in [4.78, 5) is 9.03. The average Bonchev–Trinajstić information content (AvgIpc) is 2.99. The van der Waals surface area contributed by atoms with Crippen LogP contribution < -0.4 is 4.90 Å². The Kier molecular flexibility index (Phi) is 3.65. The second kappa shape index (κ2) is 5.83. The number of fused-ring (bicyclic) bond motifs is 1. The summed E-state index contributed by atoms with van der Waals surface area (Å²) in [5.74, 6) is -1.38. The number of anilines is 1. The molecule has 0 saturated carbocycles. The van der Waals surface area contributed by atoms with E-state index in [0.717, 1.165) is 18.2 Å². The lowest BCUT2D eigenvalue weighted by Gasteiger charge is -2.29. The number of nitrogens with one attached hydrogen (secondary N) is 1. The predicted molar refractivity (Wildman–Crippen MR) is 84.4 cm³/mol. The molecule has 0 amide bonds. The van der Waals surface area contributed by atoms with Crippen molar-refractivity contribution in [3.8, 4) is 11.4 Å². The van der Waals surface area contributed by atoms with Crippen LogP contribution in [0.25, 0.3) is 22.4 Å². The van der Waals surface area contributed by atoms with Gasteiger partial charge in [-0.05, 0) is 24.3 Å². The van der Waals surface area contributed by atoms with Gasteiger partial charge >= 0.3 is 0 Å². The Bertz CT molecular complexity index is 903. The van der Waals surface area contributed by atoms with Gasteiger partial charge in [-0.25, -0.2) is 18.2 Å². The first-order chi connectivity index (χ1) is 11.6. The first-order valence-electron chi connectivity index (χ1n) is 7.59. The number of morpholine rings is 1. The molecule has 0 spiro atoms. The quantitative estimate of drug-likeness (QED) is 0.781. The van der Waals surface area contributed by atoms with Gasteiger partial charge in [0.25, 0.3) is 0 Å². The maximum Gasteiger partial charge on any atom is 0.148 e. The summed E-state index contributed by atoms with van der Waals surface area (Å²) in [5, 5.41) is 0. The fraction of sp³-hybridized carbons (Fsp3) is 0.235. The lowest BCUT2D eigenvalue weighted by atomic mass is 10.2. The molecule has 0 unspecified atom stereocenters. The number of aromatic amines is 1. The molecule has 1 aliphatic heterocycles. The van der Waals surface area contributed by atoms with E-state index in [-0.39, 0.29) is 17.2 Å². The molecule has 24 heavy (non-hydrogen) atoms. The minimum absolute atomic E-state index is 0.0135. The summed E-state index contributed by atoms with van der Waals surface area (Å²) >= 11 is 0. The van der Waals surface area contributed by atoms with Gasteiger partial charge in [0, 0.05) is 19.2 Å². The maximum atomic E-state index is 14.4. The molecular formula is C17H14F3N3O. The van der Waals surface area contributed by atoms with Crippen LogP contribution in [0.2, 0.25) is 0 Å². The zero-order chi connectivity index (χ0) is 16.7. The van der Waals surface area contributed by atoms with Crippen LogP contribution in [0.3, 0.4) is 0 Å². The van der Waals surface area contributed by atoms with Crippen molar-refractivity contribution in [3.63, 3.8) is 0 Å². The normalized spacial score (nSPS) is 15.2. The molecule has 1 fully saturated rings. The van der Waals surface area contributed by atoms with Gasteiger partial charge in [-0.2, -0.15) is 0 Å². The third-order valence-electron chi connectivity index (χ3n) is 4.09. The summed E-state index contributed by atoms with van der Waals surface area (Å²) < 4.78 is 46.9. The van der Waals surface area contributed by atoms with Gasteiger partial charge in [0.15, 0.2) is 0 Å². The Balaban J connectivity index is 1.79. The van der Waals surface area contributed by atoms with E-state index in [1.165, 1.54) is 6.07 Å². The van der Waals surface area contributed by atoms with E-state index >= 15 is 0 Å². The van der Waals surface area contributed by atoms with E-state index in [1.807, 2.05) is 4.90 Å². The second-order valence-electron chi connectivity index (χ2n) is 5.63. The van der Waals surface area contributed by atoms with E-state index < -0.39 is 11.6 Å².